The normalized spacial score (nSPS) is 12.8. The SMILES string of the molecule is Cc1ccc(S(=O)(=O)NC(=O)Nc2cccc(C(=O)OCCN3C(=O)c4ccccc4C3=O)c2)cc1. The van der Waals surface area contributed by atoms with Gasteiger partial charge in [-0.1, -0.05) is 35.9 Å². The number of esters is 1. The number of ether oxygens (including phenoxy) is 1. The number of nitrogens with one attached hydrogen (secondary N) is 2. The van der Waals surface area contributed by atoms with Gasteiger partial charge in [-0.3, -0.25) is 14.5 Å². The van der Waals surface area contributed by atoms with Crippen LogP contribution in [0.2, 0.25) is 0 Å². The van der Waals surface area contributed by atoms with E-state index < -0.39 is 33.8 Å². The Morgan fingerprint density at radius 1 is 0.889 bits per heavy atom. The van der Waals surface area contributed by atoms with Gasteiger partial charge in [-0.15, -0.1) is 0 Å². The Morgan fingerprint density at radius 2 is 1.53 bits per heavy atom. The molecule has 0 spiro atoms. The van der Waals surface area contributed by atoms with Gasteiger partial charge in [0.1, 0.15) is 6.61 Å². The zero-order chi connectivity index (χ0) is 25.9. The molecule has 184 valence electrons. The zero-order valence-electron chi connectivity index (χ0n) is 19.1. The van der Waals surface area contributed by atoms with E-state index in [9.17, 15) is 27.6 Å². The number of rotatable bonds is 7. The molecule has 0 saturated heterocycles. The molecule has 1 aliphatic heterocycles. The third-order valence-electron chi connectivity index (χ3n) is 5.34. The second kappa shape index (κ2) is 10.0. The van der Waals surface area contributed by atoms with E-state index in [1.54, 1.807) is 43.3 Å². The first-order valence-electron chi connectivity index (χ1n) is 10.8. The topological polar surface area (TPSA) is 139 Å². The molecule has 0 radical (unpaired) electrons. The van der Waals surface area contributed by atoms with Gasteiger partial charge >= 0.3 is 12.0 Å². The molecule has 4 amide bonds. The molecule has 0 bridgehead atoms. The number of amides is 4. The van der Waals surface area contributed by atoms with Crippen molar-refractivity contribution < 1.29 is 32.3 Å². The summed E-state index contributed by atoms with van der Waals surface area (Å²) in [4.78, 5) is 50.4. The molecule has 3 aromatic rings. The Balaban J connectivity index is 1.32. The molecule has 0 fully saturated rings. The third kappa shape index (κ3) is 5.26. The van der Waals surface area contributed by atoms with Crippen molar-refractivity contribution in [3.63, 3.8) is 0 Å². The average Bonchev–Trinajstić information content (AvgIpc) is 3.09. The maximum Gasteiger partial charge on any atom is 0.338 e. The molecule has 1 aliphatic rings. The Hall–Kier alpha value is -4.51. The lowest BCUT2D eigenvalue weighted by Gasteiger charge is -2.14. The van der Waals surface area contributed by atoms with Gasteiger partial charge in [-0.25, -0.2) is 22.7 Å². The van der Waals surface area contributed by atoms with Crippen molar-refractivity contribution in [3.8, 4) is 0 Å². The van der Waals surface area contributed by atoms with Crippen LogP contribution in [0.25, 0.3) is 0 Å². The summed E-state index contributed by atoms with van der Waals surface area (Å²) < 4.78 is 31.8. The first kappa shape index (κ1) is 24.6. The van der Waals surface area contributed by atoms with Crippen LogP contribution in [0.3, 0.4) is 0 Å². The summed E-state index contributed by atoms with van der Waals surface area (Å²) in [5.41, 5.74) is 1.70. The molecule has 0 atom stereocenters. The van der Waals surface area contributed by atoms with Crippen molar-refractivity contribution in [1.82, 2.24) is 9.62 Å². The second-order valence-electron chi connectivity index (χ2n) is 7.90. The molecule has 3 aromatic carbocycles. The number of hydrogen-bond acceptors (Lipinski definition) is 7. The lowest BCUT2D eigenvalue weighted by Crippen LogP contribution is -2.34. The number of imide groups is 1. The molecule has 4 rings (SSSR count). The molecule has 2 N–H and O–H groups in total. The number of sulfonamides is 1. The maximum absolute atomic E-state index is 12.4. The van der Waals surface area contributed by atoms with Crippen molar-refractivity contribution in [2.75, 3.05) is 18.5 Å². The van der Waals surface area contributed by atoms with Crippen molar-refractivity contribution in [2.24, 2.45) is 0 Å². The van der Waals surface area contributed by atoms with Gasteiger partial charge in [-0.2, -0.15) is 0 Å². The fourth-order valence-electron chi connectivity index (χ4n) is 3.53. The summed E-state index contributed by atoms with van der Waals surface area (Å²) >= 11 is 0. The maximum atomic E-state index is 12.4. The first-order valence-corrected chi connectivity index (χ1v) is 12.3. The van der Waals surface area contributed by atoms with Gasteiger partial charge in [-0.05, 0) is 49.4 Å². The molecule has 0 aromatic heterocycles. The minimum absolute atomic E-state index is 0.0707. The van der Waals surface area contributed by atoms with Crippen LogP contribution in [-0.4, -0.2) is 50.3 Å². The number of benzene rings is 3. The second-order valence-corrected chi connectivity index (χ2v) is 9.58. The van der Waals surface area contributed by atoms with Crippen molar-refractivity contribution >= 4 is 39.5 Å². The van der Waals surface area contributed by atoms with E-state index in [1.807, 2.05) is 4.72 Å². The zero-order valence-corrected chi connectivity index (χ0v) is 19.9. The van der Waals surface area contributed by atoms with Crippen LogP contribution < -0.4 is 10.0 Å². The third-order valence-corrected chi connectivity index (χ3v) is 6.69. The molecule has 0 unspecified atom stereocenters. The number of hydrogen-bond donors (Lipinski definition) is 2. The highest BCUT2D eigenvalue weighted by Gasteiger charge is 2.34. The Labute approximate surface area is 206 Å². The number of urea groups is 1. The highest BCUT2D eigenvalue weighted by molar-refractivity contribution is 7.90. The van der Waals surface area contributed by atoms with E-state index in [-0.39, 0.29) is 29.3 Å². The van der Waals surface area contributed by atoms with Gasteiger partial charge in [0, 0.05) is 5.69 Å². The van der Waals surface area contributed by atoms with Crippen LogP contribution in [0.5, 0.6) is 0 Å². The molecular formula is C25H21N3O7S. The Kier molecular flexibility index (Phi) is 6.84. The summed E-state index contributed by atoms with van der Waals surface area (Å²) in [5.74, 6) is -1.66. The fraction of sp³-hybridized carbons (Fsp3) is 0.120. The lowest BCUT2D eigenvalue weighted by molar-refractivity contribution is 0.0420. The number of carbonyl (C=O) groups is 4. The number of nitrogens with zero attached hydrogens (tertiary/aromatic N) is 1. The average molecular weight is 508 g/mol. The number of aryl methyl sites for hydroxylation is 1. The van der Waals surface area contributed by atoms with E-state index in [1.165, 1.54) is 36.4 Å². The predicted molar refractivity (Wildman–Crippen MR) is 129 cm³/mol. The monoisotopic (exact) mass is 507 g/mol. The van der Waals surface area contributed by atoms with Crippen LogP contribution in [0.1, 0.15) is 36.6 Å². The fourth-order valence-corrected chi connectivity index (χ4v) is 4.44. The van der Waals surface area contributed by atoms with Crippen molar-refractivity contribution in [2.45, 2.75) is 11.8 Å². The quantitative estimate of drug-likeness (QED) is 0.370. The summed E-state index contributed by atoms with van der Waals surface area (Å²) in [6, 6.07) is 17.1. The van der Waals surface area contributed by atoms with Crippen LogP contribution in [-0.2, 0) is 14.8 Å². The van der Waals surface area contributed by atoms with Crippen LogP contribution in [0.4, 0.5) is 10.5 Å². The van der Waals surface area contributed by atoms with Gasteiger partial charge in [0.2, 0.25) is 0 Å². The van der Waals surface area contributed by atoms with E-state index in [4.69, 9.17) is 4.74 Å². The number of carbonyl (C=O) groups excluding carboxylic acids is 4. The highest BCUT2D eigenvalue weighted by atomic mass is 32.2. The van der Waals surface area contributed by atoms with E-state index >= 15 is 0 Å². The summed E-state index contributed by atoms with van der Waals surface area (Å²) in [6.07, 6.45) is 0. The molecule has 10 nitrogen and oxygen atoms in total. The van der Waals surface area contributed by atoms with Crippen LogP contribution >= 0.6 is 0 Å². The molecular weight excluding hydrogens is 486 g/mol. The number of fused-ring (bicyclic) bond motifs is 1. The van der Waals surface area contributed by atoms with Gasteiger partial charge < -0.3 is 10.1 Å². The molecule has 0 saturated carbocycles. The predicted octanol–water partition coefficient (Wildman–Crippen LogP) is 2.96. The van der Waals surface area contributed by atoms with Crippen molar-refractivity contribution in [3.05, 3.63) is 95.1 Å². The lowest BCUT2D eigenvalue weighted by atomic mass is 10.1. The first-order chi connectivity index (χ1) is 17.2. The van der Waals surface area contributed by atoms with E-state index in [0.29, 0.717) is 11.1 Å². The standard InChI is InChI=1S/C25H21N3O7S/c1-16-9-11-19(12-10-16)36(33,34)27-25(32)26-18-6-4-5-17(15-18)24(31)35-14-13-28-22(29)20-7-2-3-8-21(20)23(28)30/h2-12,15H,13-14H2,1H3,(H2,26,27,32). The Morgan fingerprint density at radius 3 is 2.17 bits per heavy atom. The smallest absolute Gasteiger partial charge is 0.338 e. The largest absolute Gasteiger partial charge is 0.460 e. The van der Waals surface area contributed by atoms with E-state index in [2.05, 4.69) is 5.32 Å². The van der Waals surface area contributed by atoms with Gasteiger partial charge in [0.05, 0.1) is 28.1 Å². The van der Waals surface area contributed by atoms with Gasteiger partial charge in [0.15, 0.2) is 0 Å². The molecule has 0 aliphatic carbocycles. The number of anilines is 1. The minimum Gasteiger partial charge on any atom is -0.460 e. The molecule has 11 heteroatoms. The van der Waals surface area contributed by atoms with Crippen LogP contribution in [0.15, 0.2) is 77.7 Å². The van der Waals surface area contributed by atoms with E-state index in [0.717, 1.165) is 10.5 Å². The van der Waals surface area contributed by atoms with Crippen LogP contribution in [0, 0.1) is 6.92 Å². The summed E-state index contributed by atoms with van der Waals surface area (Å²) in [5, 5.41) is 2.36. The Bertz CT molecular complexity index is 1430. The van der Waals surface area contributed by atoms with Gasteiger partial charge in [0.25, 0.3) is 21.8 Å². The highest BCUT2D eigenvalue weighted by Crippen LogP contribution is 2.22. The molecule has 36 heavy (non-hydrogen) atoms. The summed E-state index contributed by atoms with van der Waals surface area (Å²) in [6.45, 7) is 1.46. The van der Waals surface area contributed by atoms with Crippen molar-refractivity contribution in [1.29, 1.82) is 0 Å². The minimum atomic E-state index is -4.09. The molecule has 1 heterocycles. The summed E-state index contributed by atoms with van der Waals surface area (Å²) in [7, 11) is -4.09.